The fourth-order valence-electron chi connectivity index (χ4n) is 1.36. The third-order valence-corrected chi connectivity index (χ3v) is 2.20. The Hall–Kier alpha value is -2.00. The number of carbonyl (C=O) groups is 1. The van der Waals surface area contributed by atoms with Crippen LogP contribution >= 0.6 is 12.4 Å². The van der Waals surface area contributed by atoms with Crippen LogP contribution in [0.1, 0.15) is 10.4 Å². The van der Waals surface area contributed by atoms with Crippen molar-refractivity contribution in [1.82, 2.24) is 0 Å². The number of nitrogens with two attached hydrogens (primary N) is 1. The number of carbonyl (C=O) groups excluding carboxylic acids is 1. The lowest BCUT2D eigenvalue weighted by Crippen LogP contribution is -2.11. The first-order valence-corrected chi connectivity index (χ1v) is 4.97. The number of benzene rings is 2. The van der Waals surface area contributed by atoms with E-state index in [1.807, 2.05) is 18.2 Å². The highest BCUT2D eigenvalue weighted by Crippen LogP contribution is 2.11. The summed E-state index contributed by atoms with van der Waals surface area (Å²) in [6, 6.07) is 16.1. The Labute approximate surface area is 106 Å². The fourth-order valence-corrected chi connectivity index (χ4v) is 1.36. The van der Waals surface area contributed by atoms with E-state index in [-0.39, 0.29) is 18.3 Å². The van der Waals surface area contributed by atoms with Gasteiger partial charge in [-0.25, -0.2) is 0 Å². The first kappa shape index (κ1) is 13.1. The molecule has 3 N–H and O–H groups in total. The van der Waals surface area contributed by atoms with Gasteiger partial charge < -0.3 is 11.1 Å². The molecular weight excluding hydrogens is 236 g/mol. The molecule has 1 amide bonds. The minimum atomic E-state index is -0.120. The number of halogens is 1. The topological polar surface area (TPSA) is 55.1 Å². The molecule has 0 aromatic heterocycles. The maximum absolute atomic E-state index is 11.8. The van der Waals surface area contributed by atoms with Crippen molar-refractivity contribution in [2.45, 2.75) is 0 Å². The van der Waals surface area contributed by atoms with E-state index in [4.69, 9.17) is 5.73 Å². The highest BCUT2D eigenvalue weighted by molar-refractivity contribution is 6.04. The Morgan fingerprint density at radius 2 is 1.53 bits per heavy atom. The van der Waals surface area contributed by atoms with Gasteiger partial charge in [-0.2, -0.15) is 0 Å². The van der Waals surface area contributed by atoms with Gasteiger partial charge in [-0.05, 0) is 36.4 Å². The average molecular weight is 249 g/mol. The zero-order valence-electron chi connectivity index (χ0n) is 9.09. The van der Waals surface area contributed by atoms with Gasteiger partial charge in [0.05, 0.1) is 0 Å². The molecule has 0 heterocycles. The van der Waals surface area contributed by atoms with E-state index >= 15 is 0 Å². The molecular formula is C13H13ClN2O. The summed E-state index contributed by atoms with van der Waals surface area (Å²) in [7, 11) is 0. The zero-order valence-corrected chi connectivity index (χ0v) is 9.91. The molecule has 88 valence electrons. The summed E-state index contributed by atoms with van der Waals surface area (Å²) in [5, 5.41) is 2.79. The van der Waals surface area contributed by atoms with Crippen LogP contribution in [0.3, 0.4) is 0 Å². The zero-order chi connectivity index (χ0) is 11.4. The van der Waals surface area contributed by atoms with E-state index in [2.05, 4.69) is 5.32 Å². The van der Waals surface area contributed by atoms with Crippen LogP contribution < -0.4 is 11.1 Å². The normalized spacial score (nSPS) is 9.18. The van der Waals surface area contributed by atoms with Crippen LogP contribution in [0.5, 0.6) is 0 Å². The lowest BCUT2D eigenvalue weighted by atomic mass is 10.2. The van der Waals surface area contributed by atoms with Crippen LogP contribution in [-0.4, -0.2) is 5.91 Å². The highest BCUT2D eigenvalue weighted by Gasteiger charge is 2.03. The number of hydrogen-bond acceptors (Lipinski definition) is 2. The molecule has 0 radical (unpaired) electrons. The van der Waals surface area contributed by atoms with Crippen molar-refractivity contribution in [3.63, 3.8) is 0 Å². The molecule has 0 unspecified atom stereocenters. The quantitative estimate of drug-likeness (QED) is 0.803. The lowest BCUT2D eigenvalue weighted by Gasteiger charge is -2.05. The van der Waals surface area contributed by atoms with Crippen molar-refractivity contribution in [2.24, 2.45) is 0 Å². The van der Waals surface area contributed by atoms with E-state index in [0.29, 0.717) is 11.3 Å². The molecule has 17 heavy (non-hydrogen) atoms. The van der Waals surface area contributed by atoms with Crippen molar-refractivity contribution in [2.75, 3.05) is 11.1 Å². The summed E-state index contributed by atoms with van der Waals surface area (Å²) in [6.07, 6.45) is 0. The SMILES string of the molecule is Cl.Nc1ccc(NC(=O)c2ccccc2)cc1. The van der Waals surface area contributed by atoms with Crippen molar-refractivity contribution < 1.29 is 4.79 Å². The van der Waals surface area contributed by atoms with Crippen LogP contribution in [0.25, 0.3) is 0 Å². The maximum Gasteiger partial charge on any atom is 0.255 e. The summed E-state index contributed by atoms with van der Waals surface area (Å²) in [5.74, 6) is -0.120. The van der Waals surface area contributed by atoms with Gasteiger partial charge in [-0.1, -0.05) is 18.2 Å². The molecule has 0 saturated carbocycles. The predicted molar refractivity (Wildman–Crippen MR) is 72.5 cm³/mol. The molecule has 0 bridgehead atoms. The molecule has 0 aliphatic carbocycles. The monoisotopic (exact) mass is 248 g/mol. The molecule has 4 heteroatoms. The van der Waals surface area contributed by atoms with Gasteiger partial charge >= 0.3 is 0 Å². The Bertz CT molecular complexity index is 483. The van der Waals surface area contributed by atoms with E-state index in [1.165, 1.54) is 0 Å². The van der Waals surface area contributed by atoms with Crippen molar-refractivity contribution in [3.05, 3.63) is 60.2 Å². The molecule has 2 aromatic carbocycles. The Balaban J connectivity index is 0.00000144. The summed E-state index contributed by atoms with van der Waals surface area (Å²) in [6.45, 7) is 0. The van der Waals surface area contributed by atoms with Crippen LogP contribution in [0.4, 0.5) is 11.4 Å². The maximum atomic E-state index is 11.8. The molecule has 0 spiro atoms. The Morgan fingerprint density at radius 1 is 0.941 bits per heavy atom. The third-order valence-electron chi connectivity index (χ3n) is 2.20. The first-order chi connectivity index (χ1) is 7.75. The molecule has 3 nitrogen and oxygen atoms in total. The standard InChI is InChI=1S/C13H12N2O.ClH/c14-11-6-8-12(9-7-11)15-13(16)10-4-2-1-3-5-10;/h1-9H,14H2,(H,15,16);1H. The number of hydrogen-bond donors (Lipinski definition) is 2. The summed E-state index contributed by atoms with van der Waals surface area (Å²) >= 11 is 0. The second kappa shape index (κ2) is 5.92. The van der Waals surface area contributed by atoms with Crippen LogP contribution in [-0.2, 0) is 0 Å². The van der Waals surface area contributed by atoms with Gasteiger partial charge in [0.15, 0.2) is 0 Å². The van der Waals surface area contributed by atoms with Gasteiger partial charge in [0.25, 0.3) is 5.91 Å². The molecule has 2 aromatic rings. The second-order valence-electron chi connectivity index (χ2n) is 3.44. The first-order valence-electron chi connectivity index (χ1n) is 4.97. The number of rotatable bonds is 2. The number of nitrogen functional groups attached to an aromatic ring is 1. The van der Waals surface area contributed by atoms with E-state index < -0.39 is 0 Å². The summed E-state index contributed by atoms with van der Waals surface area (Å²) in [5.41, 5.74) is 7.61. The van der Waals surface area contributed by atoms with E-state index in [9.17, 15) is 4.79 Å². The molecule has 0 saturated heterocycles. The van der Waals surface area contributed by atoms with E-state index in [0.717, 1.165) is 5.69 Å². The largest absolute Gasteiger partial charge is 0.399 e. The molecule has 0 aliphatic heterocycles. The van der Waals surface area contributed by atoms with Crippen molar-refractivity contribution in [3.8, 4) is 0 Å². The molecule has 0 aliphatic rings. The fraction of sp³-hybridized carbons (Fsp3) is 0. The second-order valence-corrected chi connectivity index (χ2v) is 3.44. The summed E-state index contributed by atoms with van der Waals surface area (Å²) < 4.78 is 0. The van der Waals surface area contributed by atoms with Crippen LogP contribution in [0.15, 0.2) is 54.6 Å². The minimum absolute atomic E-state index is 0. The number of anilines is 2. The van der Waals surface area contributed by atoms with Crippen LogP contribution in [0.2, 0.25) is 0 Å². The van der Waals surface area contributed by atoms with Gasteiger partial charge in [0.1, 0.15) is 0 Å². The molecule has 0 fully saturated rings. The van der Waals surface area contributed by atoms with Gasteiger partial charge in [0.2, 0.25) is 0 Å². The highest BCUT2D eigenvalue weighted by atomic mass is 35.5. The predicted octanol–water partition coefficient (Wildman–Crippen LogP) is 2.94. The average Bonchev–Trinajstić information content (AvgIpc) is 2.33. The molecule has 2 rings (SSSR count). The van der Waals surface area contributed by atoms with E-state index in [1.54, 1.807) is 36.4 Å². The smallest absolute Gasteiger partial charge is 0.255 e. The van der Waals surface area contributed by atoms with Gasteiger partial charge in [-0.3, -0.25) is 4.79 Å². The summed E-state index contributed by atoms with van der Waals surface area (Å²) in [4.78, 5) is 11.8. The van der Waals surface area contributed by atoms with Crippen LogP contribution in [0, 0.1) is 0 Å². The van der Waals surface area contributed by atoms with Crippen molar-refractivity contribution in [1.29, 1.82) is 0 Å². The minimum Gasteiger partial charge on any atom is -0.399 e. The molecule has 0 atom stereocenters. The Kier molecular flexibility index (Phi) is 4.55. The third kappa shape index (κ3) is 3.50. The number of nitrogens with one attached hydrogen (secondary N) is 1. The Morgan fingerprint density at radius 3 is 2.12 bits per heavy atom. The van der Waals surface area contributed by atoms with Gasteiger partial charge in [-0.15, -0.1) is 12.4 Å². The van der Waals surface area contributed by atoms with Crippen molar-refractivity contribution >= 4 is 29.7 Å². The van der Waals surface area contributed by atoms with Gasteiger partial charge in [0, 0.05) is 16.9 Å². The lowest BCUT2D eigenvalue weighted by molar-refractivity contribution is 0.102. The number of amides is 1.